The number of hydrogen-bond donors (Lipinski definition) is 2. The highest BCUT2D eigenvalue weighted by Crippen LogP contribution is 2.30. The maximum Gasteiger partial charge on any atom is 0.245 e. The van der Waals surface area contributed by atoms with Crippen LogP contribution in [0.5, 0.6) is 0 Å². The standard InChI is InChI=1S/C27H51N3O4/c1-7-8-16-30-17-15-20(3)23(24(31)18-21(4)26(28)33)12-10-9-11-19(2)13-14-25(32)29(6)22(5)27(30)34/h19-24,31H,7-18H2,1-6H3,(H2,28,33)/t19?,20?,21-,22?,23?,24+/m1/s1. The highest BCUT2D eigenvalue weighted by atomic mass is 16.3. The number of aliphatic hydroxyl groups is 1. The zero-order valence-electron chi connectivity index (χ0n) is 22.6. The van der Waals surface area contributed by atoms with Crippen LogP contribution in [0, 0.1) is 23.7 Å². The van der Waals surface area contributed by atoms with Crippen LogP contribution in [-0.2, 0) is 14.4 Å². The molecule has 1 saturated heterocycles. The number of rotatable bonds is 7. The average molecular weight is 482 g/mol. The van der Waals surface area contributed by atoms with Crippen molar-refractivity contribution >= 4 is 17.7 Å². The molecule has 4 unspecified atom stereocenters. The van der Waals surface area contributed by atoms with Crippen molar-refractivity contribution in [2.45, 2.75) is 111 Å². The molecule has 0 aromatic heterocycles. The first-order valence-electron chi connectivity index (χ1n) is 13.5. The molecule has 6 atom stereocenters. The van der Waals surface area contributed by atoms with E-state index < -0.39 is 12.1 Å². The average Bonchev–Trinajstić information content (AvgIpc) is 2.80. The zero-order chi connectivity index (χ0) is 25.8. The lowest BCUT2D eigenvalue weighted by molar-refractivity contribution is -0.144. The molecule has 0 saturated carbocycles. The van der Waals surface area contributed by atoms with Crippen LogP contribution < -0.4 is 5.73 Å². The van der Waals surface area contributed by atoms with E-state index in [9.17, 15) is 19.5 Å². The summed E-state index contributed by atoms with van der Waals surface area (Å²) in [5.41, 5.74) is 5.45. The van der Waals surface area contributed by atoms with Crippen molar-refractivity contribution < 1.29 is 19.5 Å². The Morgan fingerprint density at radius 3 is 2.38 bits per heavy atom. The van der Waals surface area contributed by atoms with Crippen LogP contribution in [-0.4, -0.2) is 64.9 Å². The molecule has 1 fully saturated rings. The number of likely N-dealkylation sites (N-methyl/N-ethyl adjacent to an activating group) is 1. The van der Waals surface area contributed by atoms with Gasteiger partial charge in [-0.25, -0.2) is 0 Å². The Kier molecular flexibility index (Phi) is 13.8. The van der Waals surface area contributed by atoms with E-state index in [4.69, 9.17) is 5.73 Å². The second kappa shape index (κ2) is 15.4. The molecule has 0 bridgehead atoms. The number of carbonyl (C=O) groups is 3. The number of carbonyl (C=O) groups excluding carboxylic acids is 3. The van der Waals surface area contributed by atoms with Crippen molar-refractivity contribution in [1.82, 2.24) is 9.80 Å². The SMILES string of the molecule is CCCCN1CCC(C)C([C@@H](O)C[C@@H](C)C(N)=O)CCCCC(C)CCC(=O)N(C)C(C)C1=O. The van der Waals surface area contributed by atoms with Crippen LogP contribution >= 0.6 is 0 Å². The number of primary amides is 1. The van der Waals surface area contributed by atoms with Crippen molar-refractivity contribution in [3.05, 3.63) is 0 Å². The molecule has 1 aliphatic rings. The highest BCUT2D eigenvalue weighted by molar-refractivity contribution is 5.87. The van der Waals surface area contributed by atoms with E-state index in [1.54, 1.807) is 18.9 Å². The summed E-state index contributed by atoms with van der Waals surface area (Å²) in [7, 11) is 1.74. The van der Waals surface area contributed by atoms with Gasteiger partial charge in [-0.2, -0.15) is 0 Å². The molecule has 34 heavy (non-hydrogen) atoms. The number of unbranched alkanes of at least 4 members (excludes halogenated alkanes) is 1. The molecule has 1 heterocycles. The number of nitrogens with two attached hydrogens (primary N) is 1. The van der Waals surface area contributed by atoms with Gasteiger partial charge in [0.2, 0.25) is 17.7 Å². The van der Waals surface area contributed by atoms with Gasteiger partial charge in [-0.05, 0) is 56.8 Å². The smallest absolute Gasteiger partial charge is 0.245 e. The van der Waals surface area contributed by atoms with Gasteiger partial charge in [0.25, 0.3) is 0 Å². The zero-order valence-corrected chi connectivity index (χ0v) is 22.6. The fourth-order valence-electron chi connectivity index (χ4n) is 4.97. The van der Waals surface area contributed by atoms with Crippen LogP contribution in [0.15, 0.2) is 0 Å². The molecule has 3 N–H and O–H groups in total. The van der Waals surface area contributed by atoms with Gasteiger partial charge < -0.3 is 20.6 Å². The van der Waals surface area contributed by atoms with E-state index in [1.807, 2.05) is 11.8 Å². The van der Waals surface area contributed by atoms with Crippen molar-refractivity contribution in [2.75, 3.05) is 20.1 Å². The molecule has 0 aliphatic carbocycles. The Balaban J connectivity index is 3.08. The minimum absolute atomic E-state index is 0.00362. The monoisotopic (exact) mass is 481 g/mol. The second-order valence-corrected chi connectivity index (χ2v) is 10.8. The molecule has 7 nitrogen and oxygen atoms in total. The van der Waals surface area contributed by atoms with Crippen LogP contribution in [0.1, 0.15) is 98.8 Å². The Bertz CT molecular complexity index is 641. The number of hydrogen-bond acceptors (Lipinski definition) is 4. The second-order valence-electron chi connectivity index (χ2n) is 10.8. The van der Waals surface area contributed by atoms with Gasteiger partial charge in [0.05, 0.1) is 6.10 Å². The first-order valence-corrected chi connectivity index (χ1v) is 13.5. The molecule has 0 aromatic carbocycles. The van der Waals surface area contributed by atoms with E-state index in [0.717, 1.165) is 51.4 Å². The lowest BCUT2D eigenvalue weighted by Crippen LogP contribution is -2.48. The topological polar surface area (TPSA) is 104 Å². The van der Waals surface area contributed by atoms with Gasteiger partial charge >= 0.3 is 0 Å². The van der Waals surface area contributed by atoms with Crippen molar-refractivity contribution in [1.29, 1.82) is 0 Å². The molecular weight excluding hydrogens is 430 g/mol. The van der Waals surface area contributed by atoms with Crippen LogP contribution in [0.4, 0.5) is 0 Å². The van der Waals surface area contributed by atoms with Gasteiger partial charge in [-0.15, -0.1) is 0 Å². The Labute approximate surface area is 207 Å². The first kappa shape index (κ1) is 30.4. The van der Waals surface area contributed by atoms with Gasteiger partial charge in [-0.3, -0.25) is 14.4 Å². The predicted octanol–water partition coefficient (Wildman–Crippen LogP) is 3.97. The third-order valence-electron chi connectivity index (χ3n) is 7.92. The minimum Gasteiger partial charge on any atom is -0.393 e. The number of aliphatic hydroxyl groups excluding tert-OH is 1. The molecule has 1 aliphatic heterocycles. The van der Waals surface area contributed by atoms with Gasteiger partial charge in [-0.1, -0.05) is 53.4 Å². The van der Waals surface area contributed by atoms with Gasteiger partial charge in [0.1, 0.15) is 6.04 Å². The van der Waals surface area contributed by atoms with Gasteiger partial charge in [0, 0.05) is 32.5 Å². The fraction of sp³-hybridized carbons (Fsp3) is 0.889. The maximum absolute atomic E-state index is 13.3. The highest BCUT2D eigenvalue weighted by Gasteiger charge is 2.30. The Hall–Kier alpha value is -1.63. The Morgan fingerprint density at radius 2 is 1.76 bits per heavy atom. The van der Waals surface area contributed by atoms with E-state index in [0.29, 0.717) is 31.8 Å². The summed E-state index contributed by atoms with van der Waals surface area (Å²) < 4.78 is 0. The van der Waals surface area contributed by atoms with E-state index >= 15 is 0 Å². The maximum atomic E-state index is 13.3. The van der Waals surface area contributed by atoms with E-state index in [2.05, 4.69) is 20.8 Å². The molecule has 7 heteroatoms. The normalized spacial score (nSPS) is 28.6. The van der Waals surface area contributed by atoms with E-state index in [-0.39, 0.29) is 35.5 Å². The lowest BCUT2D eigenvalue weighted by atomic mass is 9.79. The molecule has 0 aromatic rings. The molecule has 1 rings (SSSR count). The summed E-state index contributed by atoms with van der Waals surface area (Å²) in [6.45, 7) is 11.3. The summed E-state index contributed by atoms with van der Waals surface area (Å²) in [6.07, 6.45) is 7.77. The van der Waals surface area contributed by atoms with Crippen molar-refractivity contribution in [2.24, 2.45) is 29.4 Å². The largest absolute Gasteiger partial charge is 0.393 e. The fourth-order valence-corrected chi connectivity index (χ4v) is 4.97. The molecule has 198 valence electrons. The molecule has 0 radical (unpaired) electrons. The van der Waals surface area contributed by atoms with E-state index in [1.165, 1.54) is 0 Å². The van der Waals surface area contributed by atoms with Gasteiger partial charge in [0.15, 0.2) is 0 Å². The van der Waals surface area contributed by atoms with Crippen molar-refractivity contribution in [3.63, 3.8) is 0 Å². The third kappa shape index (κ3) is 9.93. The summed E-state index contributed by atoms with van der Waals surface area (Å²) in [5, 5.41) is 11.0. The summed E-state index contributed by atoms with van der Waals surface area (Å²) >= 11 is 0. The van der Waals surface area contributed by atoms with Crippen molar-refractivity contribution in [3.8, 4) is 0 Å². The summed E-state index contributed by atoms with van der Waals surface area (Å²) in [5.74, 6) is -0.00174. The third-order valence-corrected chi connectivity index (χ3v) is 7.92. The molecular formula is C27H51N3O4. The van der Waals surface area contributed by atoms with Crippen LogP contribution in [0.2, 0.25) is 0 Å². The molecule has 3 amide bonds. The van der Waals surface area contributed by atoms with Crippen LogP contribution in [0.3, 0.4) is 0 Å². The number of nitrogens with zero attached hydrogens (tertiary/aromatic N) is 2. The summed E-state index contributed by atoms with van der Waals surface area (Å²) in [4.78, 5) is 41.2. The summed E-state index contributed by atoms with van der Waals surface area (Å²) in [6, 6.07) is -0.485. The number of amides is 3. The first-order chi connectivity index (χ1) is 16.0. The predicted molar refractivity (Wildman–Crippen MR) is 137 cm³/mol. The molecule has 0 spiro atoms. The minimum atomic E-state index is -0.587. The lowest BCUT2D eigenvalue weighted by Gasteiger charge is -2.34. The quantitative estimate of drug-likeness (QED) is 0.574. The van der Waals surface area contributed by atoms with Crippen LogP contribution in [0.25, 0.3) is 0 Å². The Morgan fingerprint density at radius 1 is 1.12 bits per heavy atom.